The lowest BCUT2D eigenvalue weighted by Gasteiger charge is -2.32. The van der Waals surface area contributed by atoms with Crippen molar-refractivity contribution in [3.63, 3.8) is 0 Å². The maximum Gasteiger partial charge on any atom is 0.0316 e. The summed E-state index contributed by atoms with van der Waals surface area (Å²) in [6.07, 6.45) is 7.55. The molecule has 0 heterocycles. The van der Waals surface area contributed by atoms with Crippen LogP contribution in [-0.2, 0) is 0 Å². The molecule has 3 fully saturated rings. The summed E-state index contributed by atoms with van der Waals surface area (Å²) in [7, 11) is 0. The fraction of sp³-hybridized carbons (Fsp3) is 0.500. The Morgan fingerprint density at radius 3 is 2.40 bits per heavy atom. The van der Waals surface area contributed by atoms with Crippen LogP contribution in [0.4, 0.5) is 0 Å². The van der Waals surface area contributed by atoms with E-state index in [-0.39, 0.29) is 0 Å². The Hall–Kier alpha value is -1.21. The first-order chi connectivity index (χ1) is 12.3. The van der Waals surface area contributed by atoms with Gasteiger partial charge in [0.1, 0.15) is 0 Å². The highest BCUT2D eigenvalue weighted by Gasteiger charge is 2.53. The Labute approximate surface area is 156 Å². The molecule has 3 aliphatic rings. The second-order valence-electron chi connectivity index (χ2n) is 8.50. The molecule has 130 valence electrons. The molecular weight excluding hydrogens is 320 g/mol. The highest BCUT2D eigenvalue weighted by molar-refractivity contribution is 7.99. The van der Waals surface area contributed by atoms with Gasteiger partial charge in [-0.25, -0.2) is 0 Å². The van der Waals surface area contributed by atoms with Crippen LogP contribution in [0.1, 0.15) is 61.3 Å². The smallest absolute Gasteiger partial charge is 0.0316 e. The van der Waals surface area contributed by atoms with Crippen LogP contribution in [0.2, 0.25) is 0 Å². The van der Waals surface area contributed by atoms with Gasteiger partial charge in [-0.05, 0) is 85.5 Å². The molecule has 2 aromatic carbocycles. The molecule has 2 bridgehead atoms. The summed E-state index contributed by atoms with van der Waals surface area (Å²) in [6, 6.07) is 20.5. The first kappa shape index (κ1) is 16.0. The first-order valence-corrected chi connectivity index (χ1v) is 11.0. The summed E-state index contributed by atoms with van der Waals surface area (Å²) in [5.41, 5.74) is 3.03. The van der Waals surface area contributed by atoms with Crippen molar-refractivity contribution in [1.29, 1.82) is 0 Å². The van der Waals surface area contributed by atoms with Gasteiger partial charge in [0.2, 0.25) is 0 Å². The van der Waals surface area contributed by atoms with Gasteiger partial charge in [0, 0.05) is 10.1 Å². The predicted molar refractivity (Wildman–Crippen MR) is 107 cm³/mol. The molecule has 3 saturated carbocycles. The van der Waals surface area contributed by atoms with Crippen LogP contribution in [-0.4, -0.2) is 0 Å². The molecule has 0 saturated heterocycles. The van der Waals surface area contributed by atoms with Crippen LogP contribution in [0, 0.1) is 23.7 Å². The topological polar surface area (TPSA) is 0 Å². The largest absolute Gasteiger partial charge is 0.118 e. The molecule has 25 heavy (non-hydrogen) atoms. The molecule has 0 nitrogen and oxygen atoms in total. The minimum Gasteiger partial charge on any atom is -0.118 e. The van der Waals surface area contributed by atoms with Crippen molar-refractivity contribution in [3.8, 4) is 0 Å². The lowest BCUT2D eigenvalue weighted by atomic mass is 9.73. The average molecular weight is 349 g/mol. The third kappa shape index (κ3) is 2.85. The van der Waals surface area contributed by atoms with E-state index in [1.807, 2.05) is 11.8 Å². The lowest BCUT2D eigenvalue weighted by molar-refractivity contribution is 0.232. The summed E-state index contributed by atoms with van der Waals surface area (Å²) in [5.74, 6) is 5.07. The van der Waals surface area contributed by atoms with Gasteiger partial charge in [-0.3, -0.25) is 0 Å². The van der Waals surface area contributed by atoms with Crippen molar-refractivity contribution in [2.75, 3.05) is 0 Å². The molecule has 2 aromatic rings. The molecular formula is C24H28S. The van der Waals surface area contributed by atoms with Crippen molar-refractivity contribution in [2.24, 2.45) is 23.7 Å². The van der Waals surface area contributed by atoms with Gasteiger partial charge in [-0.2, -0.15) is 0 Å². The fourth-order valence-electron chi connectivity index (χ4n) is 6.24. The Bertz CT molecular complexity index is 720. The molecule has 5 rings (SSSR count). The van der Waals surface area contributed by atoms with Crippen LogP contribution in [0.15, 0.2) is 59.5 Å². The highest BCUT2D eigenvalue weighted by atomic mass is 32.2. The molecule has 0 aliphatic heterocycles. The van der Waals surface area contributed by atoms with E-state index in [1.54, 1.807) is 5.56 Å². The third-order valence-electron chi connectivity index (χ3n) is 7.32. The Kier molecular flexibility index (Phi) is 4.16. The van der Waals surface area contributed by atoms with Crippen molar-refractivity contribution in [2.45, 2.75) is 55.1 Å². The zero-order valence-corrected chi connectivity index (χ0v) is 15.9. The van der Waals surface area contributed by atoms with Crippen molar-refractivity contribution in [3.05, 3.63) is 65.7 Å². The number of rotatable bonds is 4. The normalized spacial score (nSPS) is 34.2. The number of fused-ring (bicyclic) bond motifs is 5. The summed E-state index contributed by atoms with van der Waals surface area (Å²) >= 11 is 1.98. The quantitative estimate of drug-likeness (QED) is 0.532. The second kappa shape index (κ2) is 6.50. The molecule has 3 aliphatic carbocycles. The summed E-state index contributed by atoms with van der Waals surface area (Å²) in [5, 5.41) is 0.508. The molecule has 0 N–H and O–H groups in total. The van der Waals surface area contributed by atoms with E-state index in [0.29, 0.717) is 5.25 Å². The van der Waals surface area contributed by atoms with Gasteiger partial charge in [0.25, 0.3) is 0 Å². The van der Waals surface area contributed by atoms with Crippen LogP contribution in [0.5, 0.6) is 0 Å². The van der Waals surface area contributed by atoms with E-state index in [1.165, 1.54) is 42.6 Å². The first-order valence-electron chi connectivity index (χ1n) is 10.1. The molecule has 6 atom stereocenters. The SMILES string of the molecule is CC(Sc1ccc(C2CC3CC2C2CCCC32)cc1)c1ccccc1. The molecule has 0 amide bonds. The fourth-order valence-corrected chi connectivity index (χ4v) is 7.24. The van der Waals surface area contributed by atoms with Crippen molar-refractivity contribution < 1.29 is 0 Å². The van der Waals surface area contributed by atoms with Gasteiger partial charge in [0.05, 0.1) is 0 Å². The Morgan fingerprint density at radius 2 is 1.60 bits per heavy atom. The van der Waals surface area contributed by atoms with E-state index in [4.69, 9.17) is 0 Å². The summed E-state index contributed by atoms with van der Waals surface area (Å²) in [6.45, 7) is 2.31. The van der Waals surface area contributed by atoms with Gasteiger partial charge < -0.3 is 0 Å². The van der Waals surface area contributed by atoms with Crippen LogP contribution in [0.25, 0.3) is 0 Å². The predicted octanol–water partition coefficient (Wildman–Crippen LogP) is 7.08. The van der Waals surface area contributed by atoms with Gasteiger partial charge in [-0.1, -0.05) is 48.9 Å². The number of hydrogen-bond donors (Lipinski definition) is 0. The van der Waals surface area contributed by atoms with E-state index < -0.39 is 0 Å². The Morgan fingerprint density at radius 1 is 0.840 bits per heavy atom. The zero-order chi connectivity index (χ0) is 16.8. The van der Waals surface area contributed by atoms with Crippen LogP contribution < -0.4 is 0 Å². The summed E-state index contributed by atoms with van der Waals surface area (Å²) in [4.78, 5) is 1.40. The van der Waals surface area contributed by atoms with E-state index in [2.05, 4.69) is 61.5 Å². The lowest BCUT2D eigenvalue weighted by Crippen LogP contribution is -2.23. The third-order valence-corrected chi connectivity index (χ3v) is 8.49. The van der Waals surface area contributed by atoms with E-state index in [9.17, 15) is 0 Å². The van der Waals surface area contributed by atoms with E-state index in [0.717, 1.165) is 29.6 Å². The van der Waals surface area contributed by atoms with Crippen LogP contribution >= 0.6 is 11.8 Å². The molecule has 0 spiro atoms. The molecule has 1 heteroatoms. The zero-order valence-electron chi connectivity index (χ0n) is 15.1. The molecule has 0 radical (unpaired) electrons. The van der Waals surface area contributed by atoms with Gasteiger partial charge >= 0.3 is 0 Å². The maximum atomic E-state index is 2.44. The minimum atomic E-state index is 0.508. The highest BCUT2D eigenvalue weighted by Crippen LogP contribution is 2.63. The van der Waals surface area contributed by atoms with Crippen molar-refractivity contribution >= 4 is 11.8 Å². The maximum absolute atomic E-state index is 2.44. The second-order valence-corrected chi connectivity index (χ2v) is 9.91. The van der Waals surface area contributed by atoms with E-state index >= 15 is 0 Å². The van der Waals surface area contributed by atoms with Crippen molar-refractivity contribution in [1.82, 2.24) is 0 Å². The standard InChI is InChI=1S/C24H28S/c1-16(17-6-3-2-4-7-17)25-20-12-10-18(11-13-20)23-14-19-15-24(23)22-9-5-8-21(19)22/h2-4,6-7,10-13,16,19,21-24H,5,8-9,14-15H2,1H3. The average Bonchev–Trinajstić information content (AvgIpc) is 3.36. The minimum absolute atomic E-state index is 0.508. The Balaban J connectivity index is 1.28. The monoisotopic (exact) mass is 348 g/mol. The van der Waals surface area contributed by atoms with Gasteiger partial charge in [-0.15, -0.1) is 11.8 Å². The number of thioether (sulfide) groups is 1. The van der Waals surface area contributed by atoms with Crippen LogP contribution in [0.3, 0.4) is 0 Å². The van der Waals surface area contributed by atoms with Gasteiger partial charge in [0.15, 0.2) is 0 Å². The summed E-state index contributed by atoms with van der Waals surface area (Å²) < 4.78 is 0. The molecule has 6 unspecified atom stereocenters. The molecule has 0 aromatic heterocycles. The number of hydrogen-bond acceptors (Lipinski definition) is 1. The number of benzene rings is 2.